The number of carbonyl (C=O) groups is 1. The number of nitrogens with zero attached hydrogens (tertiary/aromatic N) is 1. The lowest BCUT2D eigenvalue weighted by Crippen LogP contribution is -2.37. The lowest BCUT2D eigenvalue weighted by molar-refractivity contribution is -0.137. The molecule has 3 aromatic rings. The first-order valence-electron chi connectivity index (χ1n) is 9.76. The van der Waals surface area contributed by atoms with Gasteiger partial charge in [-0.05, 0) is 54.1 Å². The molecule has 3 nitrogen and oxygen atoms in total. The van der Waals surface area contributed by atoms with E-state index in [0.717, 1.165) is 35.5 Å². The molecular weight excluding hydrogens is 409 g/mol. The Morgan fingerprint density at radius 3 is 2.40 bits per heavy atom. The summed E-state index contributed by atoms with van der Waals surface area (Å²) in [5.74, 6) is -0.130. The van der Waals surface area contributed by atoms with E-state index in [1.807, 2.05) is 52.7 Å². The van der Waals surface area contributed by atoms with Crippen molar-refractivity contribution in [3.05, 3.63) is 88.1 Å². The first kappa shape index (κ1) is 20.5. The molecule has 1 aliphatic heterocycles. The monoisotopic (exact) mass is 430 g/mol. The van der Waals surface area contributed by atoms with Crippen molar-refractivity contribution in [3.63, 3.8) is 0 Å². The van der Waals surface area contributed by atoms with E-state index in [2.05, 4.69) is 5.32 Å². The summed E-state index contributed by atoms with van der Waals surface area (Å²) in [6.45, 7) is 0.634. The second-order valence-electron chi connectivity index (χ2n) is 7.27. The van der Waals surface area contributed by atoms with E-state index in [9.17, 15) is 18.0 Å². The molecule has 1 aliphatic rings. The molecule has 1 N–H and O–H groups in total. The van der Waals surface area contributed by atoms with Gasteiger partial charge in [-0.2, -0.15) is 13.2 Å². The van der Waals surface area contributed by atoms with Gasteiger partial charge in [0.1, 0.15) is 6.04 Å². The topological polar surface area (TPSA) is 32.3 Å². The number of anilines is 1. The van der Waals surface area contributed by atoms with Gasteiger partial charge in [0.25, 0.3) is 0 Å². The molecule has 156 valence electrons. The third-order valence-corrected chi connectivity index (χ3v) is 6.28. The number of hydrogen-bond acceptors (Lipinski definition) is 3. The fourth-order valence-corrected chi connectivity index (χ4v) is 4.70. The molecule has 2 heterocycles. The van der Waals surface area contributed by atoms with E-state index >= 15 is 0 Å². The number of rotatable bonds is 5. The Morgan fingerprint density at radius 1 is 1.03 bits per heavy atom. The zero-order valence-electron chi connectivity index (χ0n) is 16.1. The highest BCUT2D eigenvalue weighted by molar-refractivity contribution is 7.10. The minimum absolute atomic E-state index is 0.00650. The van der Waals surface area contributed by atoms with Crippen molar-refractivity contribution in [1.82, 2.24) is 4.90 Å². The fourth-order valence-electron chi connectivity index (χ4n) is 3.83. The van der Waals surface area contributed by atoms with Crippen LogP contribution in [0.25, 0.3) is 0 Å². The minimum Gasteiger partial charge on any atom is -0.370 e. The molecule has 0 spiro atoms. The smallest absolute Gasteiger partial charge is 0.370 e. The number of para-hydroxylation sites is 1. The number of thiophene rings is 1. The van der Waals surface area contributed by atoms with E-state index < -0.39 is 17.8 Å². The second-order valence-corrected chi connectivity index (χ2v) is 8.25. The van der Waals surface area contributed by atoms with Crippen LogP contribution in [-0.4, -0.2) is 17.4 Å². The number of carbonyl (C=O) groups excluding carboxylic acids is 1. The van der Waals surface area contributed by atoms with E-state index in [-0.39, 0.29) is 11.9 Å². The van der Waals surface area contributed by atoms with Crippen molar-refractivity contribution in [3.8, 4) is 0 Å². The maximum atomic E-state index is 13.6. The van der Waals surface area contributed by atoms with Crippen LogP contribution in [0.5, 0.6) is 0 Å². The number of halogens is 3. The largest absolute Gasteiger partial charge is 0.416 e. The number of hydrogen-bond donors (Lipinski definition) is 1. The van der Waals surface area contributed by atoms with Gasteiger partial charge in [-0.3, -0.25) is 4.79 Å². The summed E-state index contributed by atoms with van der Waals surface area (Å²) in [6.07, 6.45) is -2.62. The van der Waals surface area contributed by atoms with Gasteiger partial charge in [-0.25, -0.2) is 0 Å². The molecule has 7 heteroatoms. The summed E-state index contributed by atoms with van der Waals surface area (Å²) in [5.41, 5.74) is 0.520. The van der Waals surface area contributed by atoms with Crippen molar-refractivity contribution in [2.75, 3.05) is 11.9 Å². The zero-order chi connectivity index (χ0) is 21.1. The Morgan fingerprint density at radius 2 is 1.77 bits per heavy atom. The Hall–Kier alpha value is -2.80. The summed E-state index contributed by atoms with van der Waals surface area (Å²) in [5, 5.41) is 5.22. The highest BCUT2D eigenvalue weighted by Crippen LogP contribution is 2.37. The van der Waals surface area contributed by atoms with Crippen LogP contribution >= 0.6 is 11.3 Å². The highest BCUT2D eigenvalue weighted by atomic mass is 32.1. The van der Waals surface area contributed by atoms with Crippen LogP contribution in [-0.2, 0) is 11.0 Å². The van der Waals surface area contributed by atoms with Gasteiger partial charge in [0.15, 0.2) is 0 Å². The predicted octanol–water partition coefficient (Wildman–Crippen LogP) is 6.28. The van der Waals surface area contributed by atoms with Crippen molar-refractivity contribution in [1.29, 1.82) is 0 Å². The maximum Gasteiger partial charge on any atom is 0.416 e. The van der Waals surface area contributed by atoms with Crippen molar-refractivity contribution < 1.29 is 18.0 Å². The van der Waals surface area contributed by atoms with Crippen molar-refractivity contribution >= 4 is 22.9 Å². The molecular formula is C23H21F3N2OS. The Balaban J connectivity index is 1.65. The normalized spacial score (nSPS) is 17.7. The first-order chi connectivity index (χ1) is 14.4. The molecule has 1 saturated heterocycles. The van der Waals surface area contributed by atoms with Crippen LogP contribution in [0.1, 0.15) is 40.9 Å². The SMILES string of the molecule is O=C(C(Nc1ccccc1)c1ccc(C(F)(F)F)cc1)N1CCCC1c1cccs1. The summed E-state index contributed by atoms with van der Waals surface area (Å²) in [7, 11) is 0. The molecule has 0 bridgehead atoms. The average molecular weight is 430 g/mol. The van der Waals surface area contributed by atoms with E-state index in [4.69, 9.17) is 0 Å². The summed E-state index contributed by atoms with van der Waals surface area (Å²) in [4.78, 5) is 16.6. The lowest BCUT2D eigenvalue weighted by atomic mass is 10.0. The van der Waals surface area contributed by atoms with Gasteiger partial charge in [0.2, 0.25) is 5.91 Å². The van der Waals surface area contributed by atoms with Crippen LogP contribution in [0, 0.1) is 0 Å². The molecule has 0 saturated carbocycles. The molecule has 4 rings (SSSR count). The quantitative estimate of drug-likeness (QED) is 0.516. The number of likely N-dealkylation sites (tertiary alicyclic amines) is 1. The van der Waals surface area contributed by atoms with Crippen LogP contribution in [0.4, 0.5) is 18.9 Å². The van der Waals surface area contributed by atoms with E-state index in [0.29, 0.717) is 12.1 Å². The van der Waals surface area contributed by atoms with Gasteiger partial charge in [0.05, 0.1) is 11.6 Å². The predicted molar refractivity (Wildman–Crippen MR) is 112 cm³/mol. The lowest BCUT2D eigenvalue weighted by Gasteiger charge is -2.30. The first-order valence-corrected chi connectivity index (χ1v) is 10.6. The number of alkyl halides is 3. The molecule has 0 radical (unpaired) electrons. The molecule has 1 amide bonds. The zero-order valence-corrected chi connectivity index (χ0v) is 16.9. The summed E-state index contributed by atoms with van der Waals surface area (Å²) >= 11 is 1.62. The Bertz CT molecular complexity index is 972. The van der Waals surface area contributed by atoms with Crippen molar-refractivity contribution in [2.45, 2.75) is 31.1 Å². The number of benzene rings is 2. The number of nitrogens with one attached hydrogen (secondary N) is 1. The average Bonchev–Trinajstić information content (AvgIpc) is 3.43. The molecule has 1 fully saturated rings. The molecule has 0 aliphatic carbocycles. The fraction of sp³-hybridized carbons (Fsp3) is 0.261. The van der Waals surface area contributed by atoms with Crippen LogP contribution in [0.15, 0.2) is 72.1 Å². The molecule has 30 heavy (non-hydrogen) atoms. The van der Waals surface area contributed by atoms with Gasteiger partial charge in [-0.1, -0.05) is 36.4 Å². The maximum absolute atomic E-state index is 13.6. The molecule has 2 unspecified atom stereocenters. The summed E-state index contributed by atoms with van der Waals surface area (Å²) in [6, 6.07) is 17.3. The van der Waals surface area contributed by atoms with Gasteiger partial charge >= 0.3 is 6.18 Å². The standard InChI is InChI=1S/C23H21F3N2OS/c24-23(25,26)17-12-10-16(11-13-17)21(27-18-6-2-1-3-7-18)22(29)28-14-4-8-19(28)20-9-5-15-30-20/h1-3,5-7,9-13,15,19,21,27H,4,8,14H2. The highest BCUT2D eigenvalue weighted by Gasteiger charge is 2.36. The molecule has 1 aromatic heterocycles. The minimum atomic E-state index is -4.41. The van der Waals surface area contributed by atoms with Crippen molar-refractivity contribution in [2.24, 2.45) is 0 Å². The Labute approximate surface area is 177 Å². The third kappa shape index (κ3) is 4.36. The van der Waals surface area contributed by atoms with E-state index in [1.165, 1.54) is 12.1 Å². The Kier molecular flexibility index (Phi) is 5.81. The summed E-state index contributed by atoms with van der Waals surface area (Å²) < 4.78 is 39.0. The van der Waals surface area contributed by atoms with Gasteiger partial charge in [0, 0.05) is 17.1 Å². The van der Waals surface area contributed by atoms with Gasteiger partial charge in [-0.15, -0.1) is 11.3 Å². The number of amides is 1. The van der Waals surface area contributed by atoms with Crippen LogP contribution in [0.3, 0.4) is 0 Å². The molecule has 2 aromatic carbocycles. The second kappa shape index (κ2) is 8.52. The van der Waals surface area contributed by atoms with Crippen LogP contribution < -0.4 is 5.32 Å². The third-order valence-electron chi connectivity index (χ3n) is 5.31. The van der Waals surface area contributed by atoms with Gasteiger partial charge < -0.3 is 10.2 Å². The molecule has 2 atom stereocenters. The van der Waals surface area contributed by atoms with Crippen LogP contribution in [0.2, 0.25) is 0 Å². The van der Waals surface area contributed by atoms with E-state index in [1.54, 1.807) is 11.3 Å².